The van der Waals surface area contributed by atoms with Crippen molar-refractivity contribution < 1.29 is 14.3 Å². The molecule has 0 atom stereocenters. The highest BCUT2D eigenvalue weighted by molar-refractivity contribution is 7.98. The minimum Gasteiger partial charge on any atom is -0.493 e. The average Bonchev–Trinajstić information content (AvgIpc) is 2.32. The number of benzene rings is 1. The summed E-state index contributed by atoms with van der Waals surface area (Å²) in [5.41, 5.74) is 6.23. The van der Waals surface area contributed by atoms with E-state index in [1.165, 1.54) is 0 Å². The summed E-state index contributed by atoms with van der Waals surface area (Å²) in [5.74, 6) is 1.30. The summed E-state index contributed by atoms with van der Waals surface area (Å²) in [4.78, 5) is 11.2. The summed E-state index contributed by atoms with van der Waals surface area (Å²) >= 11 is 1.65. The van der Waals surface area contributed by atoms with Crippen LogP contribution >= 0.6 is 11.8 Å². The molecular formula is C12H17NO3S. The molecule has 0 spiro atoms. The molecular weight excluding hydrogens is 238 g/mol. The SMILES string of the molecule is CSCCOC(=O)CCOc1ccc(N)cc1. The molecule has 1 aromatic carbocycles. The molecule has 4 nitrogen and oxygen atoms in total. The van der Waals surface area contributed by atoms with Gasteiger partial charge in [0.05, 0.1) is 13.0 Å². The first-order chi connectivity index (χ1) is 8.22. The molecule has 0 aromatic heterocycles. The lowest BCUT2D eigenvalue weighted by atomic mass is 10.3. The van der Waals surface area contributed by atoms with Gasteiger partial charge in [0.1, 0.15) is 12.4 Å². The maximum atomic E-state index is 11.2. The molecule has 0 fully saturated rings. The van der Waals surface area contributed by atoms with Crippen molar-refractivity contribution in [2.45, 2.75) is 6.42 Å². The number of esters is 1. The van der Waals surface area contributed by atoms with E-state index in [-0.39, 0.29) is 12.4 Å². The van der Waals surface area contributed by atoms with Gasteiger partial charge in [0.25, 0.3) is 0 Å². The van der Waals surface area contributed by atoms with Crippen LogP contribution < -0.4 is 10.5 Å². The fourth-order valence-electron chi connectivity index (χ4n) is 1.13. The van der Waals surface area contributed by atoms with E-state index in [0.29, 0.717) is 24.7 Å². The Balaban J connectivity index is 2.14. The second-order valence-corrected chi connectivity index (χ2v) is 4.37. The molecule has 94 valence electrons. The lowest BCUT2D eigenvalue weighted by molar-refractivity contribution is -0.143. The van der Waals surface area contributed by atoms with Gasteiger partial charge in [-0.2, -0.15) is 11.8 Å². The van der Waals surface area contributed by atoms with Crippen molar-refractivity contribution in [1.82, 2.24) is 0 Å². The van der Waals surface area contributed by atoms with Gasteiger partial charge < -0.3 is 15.2 Å². The summed E-state index contributed by atoms with van der Waals surface area (Å²) in [6.07, 6.45) is 2.23. The standard InChI is InChI=1S/C12H17NO3S/c1-17-9-8-16-12(14)6-7-15-11-4-2-10(13)3-5-11/h2-5H,6-9,13H2,1H3. The van der Waals surface area contributed by atoms with Crippen molar-refractivity contribution in [3.05, 3.63) is 24.3 Å². The number of carbonyl (C=O) groups is 1. The highest BCUT2D eigenvalue weighted by Gasteiger charge is 2.02. The second kappa shape index (κ2) is 7.84. The molecule has 0 heterocycles. The van der Waals surface area contributed by atoms with Crippen molar-refractivity contribution >= 4 is 23.4 Å². The summed E-state index contributed by atoms with van der Waals surface area (Å²) in [7, 11) is 0. The number of nitrogen functional groups attached to an aromatic ring is 1. The van der Waals surface area contributed by atoms with Crippen LogP contribution in [0.5, 0.6) is 5.75 Å². The largest absolute Gasteiger partial charge is 0.493 e. The molecule has 0 aliphatic heterocycles. The van der Waals surface area contributed by atoms with E-state index in [1.807, 2.05) is 6.26 Å². The third-order valence-corrected chi connectivity index (χ3v) is 2.58. The van der Waals surface area contributed by atoms with Crippen LogP contribution in [0.2, 0.25) is 0 Å². The number of nitrogens with two attached hydrogens (primary N) is 1. The molecule has 0 bridgehead atoms. The zero-order chi connectivity index (χ0) is 12.5. The number of hydrogen-bond acceptors (Lipinski definition) is 5. The van der Waals surface area contributed by atoms with Crippen LogP contribution in [0.3, 0.4) is 0 Å². The summed E-state index contributed by atoms with van der Waals surface area (Å²) in [6, 6.07) is 7.06. The minimum atomic E-state index is -0.227. The fraction of sp³-hybridized carbons (Fsp3) is 0.417. The van der Waals surface area contributed by atoms with E-state index < -0.39 is 0 Å². The number of anilines is 1. The van der Waals surface area contributed by atoms with Crippen LogP contribution in [0.15, 0.2) is 24.3 Å². The highest BCUT2D eigenvalue weighted by atomic mass is 32.2. The van der Waals surface area contributed by atoms with E-state index in [0.717, 1.165) is 5.75 Å². The first-order valence-corrected chi connectivity index (χ1v) is 6.74. The third-order valence-electron chi connectivity index (χ3n) is 2.01. The first kappa shape index (κ1) is 13.7. The summed E-state index contributed by atoms with van der Waals surface area (Å²) in [5, 5.41) is 0. The van der Waals surface area contributed by atoms with E-state index in [2.05, 4.69) is 0 Å². The predicted octanol–water partition coefficient (Wildman–Crippen LogP) is 1.94. The Kier molecular flexibility index (Phi) is 6.32. The van der Waals surface area contributed by atoms with Crippen molar-refractivity contribution in [2.24, 2.45) is 0 Å². The Hall–Kier alpha value is -1.36. The summed E-state index contributed by atoms with van der Waals surface area (Å²) < 4.78 is 10.4. The van der Waals surface area contributed by atoms with E-state index in [9.17, 15) is 4.79 Å². The Labute approximate surface area is 105 Å². The number of ether oxygens (including phenoxy) is 2. The fourth-order valence-corrected chi connectivity index (χ4v) is 1.38. The van der Waals surface area contributed by atoms with Crippen molar-refractivity contribution in [3.8, 4) is 5.75 Å². The maximum absolute atomic E-state index is 11.2. The molecule has 1 aromatic rings. The molecule has 0 aliphatic rings. The molecule has 0 aliphatic carbocycles. The maximum Gasteiger partial charge on any atom is 0.309 e. The lowest BCUT2D eigenvalue weighted by Crippen LogP contribution is -2.11. The Morgan fingerprint density at radius 1 is 1.29 bits per heavy atom. The minimum absolute atomic E-state index is 0.227. The third kappa shape index (κ3) is 6.06. The number of rotatable bonds is 7. The van der Waals surface area contributed by atoms with Crippen LogP contribution in [0.4, 0.5) is 5.69 Å². The van der Waals surface area contributed by atoms with Crippen molar-refractivity contribution in [3.63, 3.8) is 0 Å². The Morgan fingerprint density at radius 2 is 2.00 bits per heavy atom. The molecule has 0 saturated carbocycles. The van der Waals surface area contributed by atoms with Gasteiger partial charge >= 0.3 is 5.97 Å². The summed E-state index contributed by atoms with van der Waals surface area (Å²) in [6.45, 7) is 0.782. The van der Waals surface area contributed by atoms with Gasteiger partial charge in [0.15, 0.2) is 0 Å². The molecule has 0 unspecified atom stereocenters. The molecule has 2 N–H and O–H groups in total. The molecule has 5 heteroatoms. The Bertz CT molecular complexity index is 340. The van der Waals surface area contributed by atoms with Gasteiger partial charge in [-0.25, -0.2) is 0 Å². The second-order valence-electron chi connectivity index (χ2n) is 3.38. The topological polar surface area (TPSA) is 61.5 Å². The number of carbonyl (C=O) groups excluding carboxylic acids is 1. The van der Waals surface area contributed by atoms with E-state index in [1.54, 1.807) is 36.0 Å². The van der Waals surface area contributed by atoms with Crippen molar-refractivity contribution in [2.75, 3.05) is 31.0 Å². The molecule has 0 radical (unpaired) electrons. The zero-order valence-electron chi connectivity index (χ0n) is 9.85. The van der Waals surface area contributed by atoms with Gasteiger partial charge in [-0.15, -0.1) is 0 Å². The van der Waals surface area contributed by atoms with Crippen LogP contribution in [-0.2, 0) is 9.53 Å². The van der Waals surface area contributed by atoms with E-state index >= 15 is 0 Å². The average molecular weight is 255 g/mol. The van der Waals surface area contributed by atoms with Crippen LogP contribution in [0.1, 0.15) is 6.42 Å². The van der Waals surface area contributed by atoms with Crippen molar-refractivity contribution in [1.29, 1.82) is 0 Å². The van der Waals surface area contributed by atoms with Gasteiger partial charge in [-0.1, -0.05) is 0 Å². The smallest absolute Gasteiger partial charge is 0.309 e. The zero-order valence-corrected chi connectivity index (χ0v) is 10.7. The molecule has 1 rings (SSSR count). The normalized spacial score (nSPS) is 9.94. The van der Waals surface area contributed by atoms with Gasteiger partial charge in [0.2, 0.25) is 0 Å². The van der Waals surface area contributed by atoms with Crippen LogP contribution in [0, 0.1) is 0 Å². The van der Waals surface area contributed by atoms with Gasteiger partial charge in [0, 0.05) is 11.4 Å². The molecule has 0 saturated heterocycles. The van der Waals surface area contributed by atoms with Crippen LogP contribution in [0.25, 0.3) is 0 Å². The predicted molar refractivity (Wildman–Crippen MR) is 70.3 cm³/mol. The molecule has 17 heavy (non-hydrogen) atoms. The Morgan fingerprint density at radius 3 is 2.65 bits per heavy atom. The van der Waals surface area contributed by atoms with Crippen LogP contribution in [-0.4, -0.2) is 31.2 Å². The lowest BCUT2D eigenvalue weighted by Gasteiger charge is -2.06. The van der Waals surface area contributed by atoms with Gasteiger partial charge in [-0.3, -0.25) is 4.79 Å². The monoisotopic (exact) mass is 255 g/mol. The first-order valence-electron chi connectivity index (χ1n) is 5.35. The quantitative estimate of drug-likeness (QED) is 0.458. The van der Waals surface area contributed by atoms with Gasteiger partial charge in [-0.05, 0) is 30.5 Å². The molecule has 0 amide bonds. The number of hydrogen-bond donors (Lipinski definition) is 1. The number of thioether (sulfide) groups is 1. The highest BCUT2D eigenvalue weighted by Crippen LogP contribution is 2.13. The van der Waals surface area contributed by atoms with E-state index in [4.69, 9.17) is 15.2 Å².